The molecule has 0 heterocycles. The third kappa shape index (κ3) is 2.90. The predicted octanol–water partition coefficient (Wildman–Crippen LogP) is -1.07. The van der Waals surface area contributed by atoms with E-state index in [1.807, 2.05) is 0 Å². The maximum atomic E-state index is 12.0. The zero-order valence-electron chi connectivity index (χ0n) is 9.15. The van der Waals surface area contributed by atoms with E-state index >= 15 is 0 Å². The minimum atomic E-state index is -0.843. The summed E-state index contributed by atoms with van der Waals surface area (Å²) in [4.78, 5) is 13.4. The quantitative estimate of drug-likeness (QED) is 0.527. The van der Waals surface area contributed by atoms with Crippen molar-refractivity contribution in [2.45, 2.75) is 25.3 Å². The average molecular weight is 216 g/mol. The molecular formula is C10H20N2O3. The molecule has 88 valence electrons. The van der Waals surface area contributed by atoms with E-state index in [9.17, 15) is 4.79 Å². The summed E-state index contributed by atoms with van der Waals surface area (Å²) in [6.45, 7) is 1.99. The van der Waals surface area contributed by atoms with Gasteiger partial charge in [-0.25, -0.2) is 0 Å². The number of aliphatic hydroxyl groups excluding tert-OH is 2. The smallest absolute Gasteiger partial charge is 0.242 e. The summed E-state index contributed by atoms with van der Waals surface area (Å²) in [5, 5.41) is 17.6. The van der Waals surface area contributed by atoms with Crippen molar-refractivity contribution in [3.63, 3.8) is 0 Å². The Kier molecular flexibility index (Phi) is 4.07. The van der Waals surface area contributed by atoms with Crippen LogP contribution >= 0.6 is 0 Å². The van der Waals surface area contributed by atoms with Gasteiger partial charge in [-0.2, -0.15) is 0 Å². The van der Waals surface area contributed by atoms with Gasteiger partial charge in [-0.15, -0.1) is 0 Å². The second kappa shape index (κ2) is 4.92. The van der Waals surface area contributed by atoms with Gasteiger partial charge in [0.1, 0.15) is 0 Å². The normalized spacial score (nSPS) is 19.7. The summed E-state index contributed by atoms with van der Waals surface area (Å²) in [6, 6.07) is 0. The van der Waals surface area contributed by atoms with Crippen molar-refractivity contribution in [1.82, 2.24) is 4.90 Å². The molecule has 1 atom stereocenters. The first kappa shape index (κ1) is 12.4. The van der Waals surface area contributed by atoms with Crippen molar-refractivity contribution in [1.29, 1.82) is 0 Å². The first-order chi connectivity index (χ1) is 7.04. The van der Waals surface area contributed by atoms with Gasteiger partial charge in [0.05, 0.1) is 18.8 Å². The maximum Gasteiger partial charge on any atom is 0.242 e. The van der Waals surface area contributed by atoms with Gasteiger partial charge in [-0.1, -0.05) is 0 Å². The van der Waals surface area contributed by atoms with Gasteiger partial charge in [-0.05, 0) is 25.7 Å². The minimum absolute atomic E-state index is 0.105. The summed E-state index contributed by atoms with van der Waals surface area (Å²) >= 11 is 0. The molecule has 0 saturated heterocycles. The third-order valence-corrected chi connectivity index (χ3v) is 2.91. The Morgan fingerprint density at radius 3 is 2.20 bits per heavy atom. The van der Waals surface area contributed by atoms with Gasteiger partial charge >= 0.3 is 0 Å². The van der Waals surface area contributed by atoms with E-state index in [4.69, 9.17) is 15.9 Å². The largest absolute Gasteiger partial charge is 0.395 e. The molecule has 0 aromatic heterocycles. The molecule has 0 aliphatic heterocycles. The summed E-state index contributed by atoms with van der Waals surface area (Å²) in [7, 11) is 0. The van der Waals surface area contributed by atoms with Crippen LogP contribution in [0.4, 0.5) is 0 Å². The first-order valence-electron chi connectivity index (χ1n) is 5.34. The molecule has 5 heteroatoms. The van der Waals surface area contributed by atoms with Crippen molar-refractivity contribution in [3.05, 3.63) is 0 Å². The summed E-state index contributed by atoms with van der Waals surface area (Å²) in [6.07, 6.45) is 1.98. The lowest BCUT2D eigenvalue weighted by molar-refractivity contribution is -0.138. The molecule has 1 unspecified atom stereocenters. The molecule has 5 nitrogen and oxygen atoms in total. The van der Waals surface area contributed by atoms with E-state index in [0.29, 0.717) is 0 Å². The van der Waals surface area contributed by atoms with Gasteiger partial charge in [-0.3, -0.25) is 4.79 Å². The van der Waals surface area contributed by atoms with Gasteiger partial charge < -0.3 is 20.8 Å². The van der Waals surface area contributed by atoms with Crippen LogP contribution in [-0.4, -0.2) is 52.9 Å². The second-order valence-electron chi connectivity index (χ2n) is 4.30. The Labute approximate surface area is 89.9 Å². The Bertz CT molecular complexity index is 221. The van der Waals surface area contributed by atoms with E-state index < -0.39 is 5.54 Å². The Morgan fingerprint density at radius 2 is 1.87 bits per heavy atom. The molecule has 0 radical (unpaired) electrons. The minimum Gasteiger partial charge on any atom is -0.395 e. The predicted molar refractivity (Wildman–Crippen MR) is 56.1 cm³/mol. The molecule has 1 saturated carbocycles. The van der Waals surface area contributed by atoms with Crippen LogP contribution in [0.1, 0.15) is 19.8 Å². The fourth-order valence-corrected chi connectivity index (χ4v) is 1.75. The van der Waals surface area contributed by atoms with Crippen molar-refractivity contribution >= 4 is 5.91 Å². The number of rotatable bonds is 6. The highest BCUT2D eigenvalue weighted by molar-refractivity contribution is 5.86. The third-order valence-electron chi connectivity index (χ3n) is 2.91. The number of amides is 1. The SMILES string of the molecule is CC(N)(C(=O)N(CCO)CCO)C1CC1. The number of carbonyl (C=O) groups is 1. The molecule has 0 aromatic rings. The van der Waals surface area contributed by atoms with Crippen LogP contribution in [0.25, 0.3) is 0 Å². The molecule has 0 bridgehead atoms. The zero-order chi connectivity index (χ0) is 11.5. The number of hydrogen-bond donors (Lipinski definition) is 3. The molecule has 1 rings (SSSR count). The Hall–Kier alpha value is -0.650. The van der Waals surface area contributed by atoms with Crippen LogP contribution in [0.15, 0.2) is 0 Å². The van der Waals surface area contributed by atoms with Crippen molar-refractivity contribution in [3.8, 4) is 0 Å². The maximum absolute atomic E-state index is 12.0. The standard InChI is InChI=1S/C10H20N2O3/c1-10(11,8-2-3-8)9(15)12(4-6-13)5-7-14/h8,13-14H,2-7,11H2,1H3. The first-order valence-corrected chi connectivity index (χ1v) is 5.34. The van der Waals surface area contributed by atoms with Crippen LogP contribution in [0.3, 0.4) is 0 Å². The molecule has 15 heavy (non-hydrogen) atoms. The lowest BCUT2D eigenvalue weighted by Crippen LogP contribution is -2.56. The van der Waals surface area contributed by atoms with E-state index in [1.165, 1.54) is 4.90 Å². The van der Waals surface area contributed by atoms with E-state index in [-0.39, 0.29) is 38.1 Å². The number of aliphatic hydroxyl groups is 2. The monoisotopic (exact) mass is 216 g/mol. The zero-order valence-corrected chi connectivity index (χ0v) is 9.15. The van der Waals surface area contributed by atoms with Crippen LogP contribution < -0.4 is 5.73 Å². The van der Waals surface area contributed by atoms with Crippen molar-refractivity contribution in [2.75, 3.05) is 26.3 Å². The number of hydrogen-bond acceptors (Lipinski definition) is 4. The fourth-order valence-electron chi connectivity index (χ4n) is 1.75. The highest BCUT2D eigenvalue weighted by Gasteiger charge is 2.45. The van der Waals surface area contributed by atoms with Gasteiger partial charge in [0, 0.05) is 13.1 Å². The average Bonchev–Trinajstić information content (AvgIpc) is 2.99. The highest BCUT2D eigenvalue weighted by atomic mass is 16.3. The molecule has 4 N–H and O–H groups in total. The lowest BCUT2D eigenvalue weighted by atomic mass is 9.95. The van der Waals surface area contributed by atoms with E-state index in [1.54, 1.807) is 6.92 Å². The topological polar surface area (TPSA) is 86.8 Å². The molecule has 1 aliphatic rings. The highest BCUT2D eigenvalue weighted by Crippen LogP contribution is 2.38. The van der Waals surface area contributed by atoms with Gasteiger partial charge in [0.25, 0.3) is 0 Å². The van der Waals surface area contributed by atoms with Gasteiger partial charge in [0.15, 0.2) is 0 Å². The summed E-state index contributed by atoms with van der Waals surface area (Å²) < 4.78 is 0. The van der Waals surface area contributed by atoms with Crippen molar-refractivity contribution < 1.29 is 15.0 Å². The van der Waals surface area contributed by atoms with Crippen LogP contribution in [0.2, 0.25) is 0 Å². The van der Waals surface area contributed by atoms with Crippen LogP contribution in [0, 0.1) is 5.92 Å². The van der Waals surface area contributed by atoms with Crippen molar-refractivity contribution in [2.24, 2.45) is 11.7 Å². The molecule has 1 amide bonds. The molecule has 0 spiro atoms. The fraction of sp³-hybridized carbons (Fsp3) is 0.900. The summed E-state index contributed by atoms with van der Waals surface area (Å²) in [5.41, 5.74) is 5.13. The van der Waals surface area contributed by atoms with Gasteiger partial charge in [0.2, 0.25) is 5.91 Å². The Morgan fingerprint density at radius 1 is 1.40 bits per heavy atom. The second-order valence-corrected chi connectivity index (χ2v) is 4.30. The van der Waals surface area contributed by atoms with Crippen LogP contribution in [-0.2, 0) is 4.79 Å². The number of carbonyl (C=O) groups excluding carboxylic acids is 1. The molecule has 0 aromatic carbocycles. The molecule has 1 aliphatic carbocycles. The molecule has 1 fully saturated rings. The number of nitrogens with zero attached hydrogens (tertiary/aromatic N) is 1. The molecular weight excluding hydrogens is 196 g/mol. The van der Waals surface area contributed by atoms with E-state index in [0.717, 1.165) is 12.8 Å². The lowest BCUT2D eigenvalue weighted by Gasteiger charge is -2.31. The Balaban J connectivity index is 2.60. The van der Waals surface area contributed by atoms with E-state index in [2.05, 4.69) is 0 Å². The summed E-state index contributed by atoms with van der Waals surface area (Å²) in [5.74, 6) is 0.0815. The van der Waals surface area contributed by atoms with Crippen LogP contribution in [0.5, 0.6) is 0 Å². The number of nitrogens with two attached hydrogens (primary N) is 1.